The van der Waals surface area contributed by atoms with Crippen LogP contribution < -0.4 is 16.0 Å². The minimum absolute atomic E-state index is 0.407. The van der Waals surface area contributed by atoms with E-state index < -0.39 is 0 Å². The highest BCUT2D eigenvalue weighted by Gasteiger charge is 2.13. The summed E-state index contributed by atoms with van der Waals surface area (Å²) < 4.78 is 5.79. The summed E-state index contributed by atoms with van der Waals surface area (Å²) >= 11 is 0. The average Bonchev–Trinajstić information content (AvgIpc) is 2.51. The summed E-state index contributed by atoms with van der Waals surface area (Å²) in [6, 6.07) is 9.11. The maximum absolute atomic E-state index is 9.11. The van der Waals surface area contributed by atoms with Crippen LogP contribution in [0.4, 0.5) is 5.82 Å². The molecule has 0 aliphatic rings. The maximum atomic E-state index is 9.11. The van der Waals surface area contributed by atoms with Crippen LogP contribution in [0.15, 0.2) is 24.3 Å². The Labute approximate surface area is 123 Å². The highest BCUT2D eigenvalue weighted by molar-refractivity contribution is 5.50. The summed E-state index contributed by atoms with van der Waals surface area (Å²) in [7, 11) is 0. The van der Waals surface area contributed by atoms with Crippen LogP contribution in [0.1, 0.15) is 30.3 Å². The van der Waals surface area contributed by atoms with Gasteiger partial charge in [-0.05, 0) is 25.5 Å². The molecule has 1 heterocycles. The standard InChI is InChI=1S/C15H17N5O/c1-3-6-13-18-14(20-17)10(2)15(19-13)21-12-8-5-4-7-11(12)9-16/h4-5,7-8H,3,6,17H2,1-2H3,(H,18,19,20). The Morgan fingerprint density at radius 1 is 1.33 bits per heavy atom. The number of benzene rings is 1. The Bertz CT molecular complexity index is 678. The zero-order valence-electron chi connectivity index (χ0n) is 12.1. The number of hydrogen-bond donors (Lipinski definition) is 2. The van der Waals surface area contributed by atoms with Crippen LogP contribution in [-0.4, -0.2) is 9.97 Å². The molecule has 0 aliphatic heterocycles. The van der Waals surface area contributed by atoms with Gasteiger partial charge in [0.15, 0.2) is 0 Å². The number of nitrogen functional groups attached to an aromatic ring is 1. The molecule has 0 bridgehead atoms. The fraction of sp³-hybridized carbons (Fsp3) is 0.267. The molecule has 0 saturated carbocycles. The topological polar surface area (TPSA) is 96.9 Å². The fourth-order valence-electron chi connectivity index (χ4n) is 1.87. The summed E-state index contributed by atoms with van der Waals surface area (Å²) in [6.45, 7) is 3.86. The van der Waals surface area contributed by atoms with Gasteiger partial charge in [-0.15, -0.1) is 0 Å². The molecule has 0 radical (unpaired) electrons. The normalized spacial score (nSPS) is 10.0. The van der Waals surface area contributed by atoms with Crippen molar-refractivity contribution in [3.63, 3.8) is 0 Å². The molecular weight excluding hydrogens is 266 g/mol. The molecule has 0 fully saturated rings. The summed E-state index contributed by atoms with van der Waals surface area (Å²) in [5.41, 5.74) is 3.71. The largest absolute Gasteiger partial charge is 0.437 e. The smallest absolute Gasteiger partial charge is 0.227 e. The number of hydrogen-bond acceptors (Lipinski definition) is 6. The van der Waals surface area contributed by atoms with Gasteiger partial charge in [-0.2, -0.15) is 10.2 Å². The van der Waals surface area contributed by atoms with E-state index in [9.17, 15) is 0 Å². The first-order valence-corrected chi connectivity index (χ1v) is 6.70. The molecule has 2 aromatic rings. The monoisotopic (exact) mass is 283 g/mol. The molecule has 0 aliphatic carbocycles. The van der Waals surface area contributed by atoms with Crippen LogP contribution >= 0.6 is 0 Å². The van der Waals surface area contributed by atoms with Crippen molar-refractivity contribution in [2.75, 3.05) is 5.43 Å². The zero-order valence-corrected chi connectivity index (χ0v) is 12.1. The third kappa shape index (κ3) is 3.27. The van der Waals surface area contributed by atoms with E-state index in [1.54, 1.807) is 18.2 Å². The number of nitrogens with two attached hydrogens (primary N) is 1. The molecule has 2 rings (SSSR count). The summed E-state index contributed by atoms with van der Waals surface area (Å²) in [4.78, 5) is 8.74. The third-order valence-corrected chi connectivity index (χ3v) is 2.97. The molecule has 1 aromatic heterocycles. The van der Waals surface area contributed by atoms with Gasteiger partial charge in [-0.3, -0.25) is 0 Å². The van der Waals surface area contributed by atoms with E-state index in [2.05, 4.69) is 21.5 Å². The van der Waals surface area contributed by atoms with E-state index in [0.717, 1.165) is 12.8 Å². The molecule has 0 spiro atoms. The number of ether oxygens (including phenoxy) is 1. The van der Waals surface area contributed by atoms with Crippen LogP contribution in [0.25, 0.3) is 0 Å². The first-order valence-electron chi connectivity index (χ1n) is 6.70. The number of hydrazine groups is 1. The van der Waals surface area contributed by atoms with Crippen molar-refractivity contribution in [3.05, 3.63) is 41.2 Å². The van der Waals surface area contributed by atoms with Crippen molar-refractivity contribution in [1.29, 1.82) is 5.26 Å². The Morgan fingerprint density at radius 2 is 2.10 bits per heavy atom. The van der Waals surface area contributed by atoms with Crippen molar-refractivity contribution in [2.45, 2.75) is 26.7 Å². The highest BCUT2D eigenvalue weighted by atomic mass is 16.5. The van der Waals surface area contributed by atoms with E-state index in [1.165, 1.54) is 0 Å². The lowest BCUT2D eigenvalue weighted by Crippen LogP contribution is -2.13. The number of nitrogens with one attached hydrogen (secondary N) is 1. The second-order valence-electron chi connectivity index (χ2n) is 4.52. The Kier molecular flexibility index (Phi) is 4.69. The lowest BCUT2D eigenvalue weighted by Gasteiger charge is -2.13. The number of rotatable bonds is 5. The van der Waals surface area contributed by atoms with Gasteiger partial charge in [0.1, 0.15) is 23.5 Å². The van der Waals surface area contributed by atoms with Crippen LogP contribution in [-0.2, 0) is 6.42 Å². The molecule has 6 nitrogen and oxygen atoms in total. The number of nitriles is 1. The second kappa shape index (κ2) is 6.68. The Balaban J connectivity index is 2.43. The molecule has 1 aromatic carbocycles. The van der Waals surface area contributed by atoms with E-state index >= 15 is 0 Å². The van der Waals surface area contributed by atoms with E-state index in [-0.39, 0.29) is 0 Å². The molecular formula is C15H17N5O. The van der Waals surface area contributed by atoms with Crippen molar-refractivity contribution in [2.24, 2.45) is 5.84 Å². The van der Waals surface area contributed by atoms with Gasteiger partial charge in [-0.1, -0.05) is 19.1 Å². The third-order valence-electron chi connectivity index (χ3n) is 2.97. The lowest BCUT2D eigenvalue weighted by molar-refractivity contribution is 0.453. The van der Waals surface area contributed by atoms with Gasteiger partial charge in [-0.25, -0.2) is 10.8 Å². The quantitative estimate of drug-likeness (QED) is 0.647. The SMILES string of the molecule is CCCc1nc(NN)c(C)c(Oc2ccccc2C#N)n1. The molecule has 3 N–H and O–H groups in total. The second-order valence-corrected chi connectivity index (χ2v) is 4.52. The minimum atomic E-state index is 0.407. The zero-order chi connectivity index (χ0) is 15.2. The van der Waals surface area contributed by atoms with Crippen LogP contribution in [0.2, 0.25) is 0 Å². The predicted molar refractivity (Wildman–Crippen MR) is 79.8 cm³/mol. The van der Waals surface area contributed by atoms with Crippen molar-refractivity contribution in [3.8, 4) is 17.7 Å². The van der Waals surface area contributed by atoms with Crippen LogP contribution in [0.3, 0.4) is 0 Å². The average molecular weight is 283 g/mol. The first-order chi connectivity index (χ1) is 10.2. The minimum Gasteiger partial charge on any atom is -0.437 e. The summed E-state index contributed by atoms with van der Waals surface area (Å²) in [5, 5.41) is 9.11. The van der Waals surface area contributed by atoms with Gasteiger partial charge in [0.25, 0.3) is 0 Å². The molecule has 0 amide bonds. The number of para-hydroxylation sites is 1. The molecule has 0 saturated heterocycles. The van der Waals surface area contributed by atoms with Gasteiger partial charge in [0.2, 0.25) is 5.88 Å². The molecule has 0 atom stereocenters. The van der Waals surface area contributed by atoms with Crippen molar-refractivity contribution >= 4 is 5.82 Å². The van der Waals surface area contributed by atoms with E-state index in [0.29, 0.717) is 34.4 Å². The summed E-state index contributed by atoms with van der Waals surface area (Å²) in [5.74, 6) is 7.54. The summed E-state index contributed by atoms with van der Waals surface area (Å²) in [6.07, 6.45) is 1.65. The first kappa shape index (κ1) is 14.8. The predicted octanol–water partition coefficient (Wildman–Crippen LogP) is 2.69. The number of nitrogens with zero attached hydrogens (tertiary/aromatic N) is 3. The maximum Gasteiger partial charge on any atom is 0.227 e. The van der Waals surface area contributed by atoms with Crippen LogP contribution in [0, 0.1) is 18.3 Å². The van der Waals surface area contributed by atoms with Crippen molar-refractivity contribution in [1.82, 2.24) is 9.97 Å². The Hall–Kier alpha value is -2.65. The van der Waals surface area contributed by atoms with Gasteiger partial charge >= 0.3 is 0 Å². The van der Waals surface area contributed by atoms with Crippen LogP contribution in [0.5, 0.6) is 11.6 Å². The van der Waals surface area contributed by atoms with Gasteiger partial charge < -0.3 is 10.2 Å². The highest BCUT2D eigenvalue weighted by Crippen LogP contribution is 2.28. The van der Waals surface area contributed by atoms with Crippen molar-refractivity contribution < 1.29 is 4.74 Å². The molecule has 0 unspecified atom stereocenters. The number of aryl methyl sites for hydroxylation is 1. The Morgan fingerprint density at radius 3 is 2.76 bits per heavy atom. The van der Waals surface area contributed by atoms with Gasteiger partial charge in [0, 0.05) is 6.42 Å². The van der Waals surface area contributed by atoms with Gasteiger partial charge in [0.05, 0.1) is 11.1 Å². The number of anilines is 1. The molecule has 108 valence electrons. The fourth-order valence-corrected chi connectivity index (χ4v) is 1.87. The molecule has 21 heavy (non-hydrogen) atoms. The molecule has 6 heteroatoms. The number of aromatic nitrogens is 2. The lowest BCUT2D eigenvalue weighted by atomic mass is 10.2. The van der Waals surface area contributed by atoms with E-state index in [1.807, 2.05) is 19.9 Å². The van der Waals surface area contributed by atoms with E-state index in [4.69, 9.17) is 15.8 Å².